The molecule has 26 heavy (non-hydrogen) atoms. The quantitative estimate of drug-likeness (QED) is 0.756. The number of ether oxygens (including phenoxy) is 1. The van der Waals surface area contributed by atoms with Crippen LogP contribution in [0.25, 0.3) is 16.6 Å². The van der Waals surface area contributed by atoms with Crippen molar-refractivity contribution in [3.63, 3.8) is 0 Å². The van der Waals surface area contributed by atoms with Crippen LogP contribution in [-0.4, -0.2) is 16.5 Å². The van der Waals surface area contributed by atoms with Gasteiger partial charge in [-0.2, -0.15) is 9.94 Å². The van der Waals surface area contributed by atoms with E-state index in [1.807, 2.05) is 0 Å². The Bertz CT molecular complexity index is 1230. The van der Waals surface area contributed by atoms with Gasteiger partial charge in [0, 0.05) is 0 Å². The van der Waals surface area contributed by atoms with Crippen LogP contribution in [0.4, 0.5) is 0 Å². The molecule has 1 aliphatic heterocycles. The van der Waals surface area contributed by atoms with Crippen LogP contribution < -0.4 is 21.6 Å². The van der Waals surface area contributed by atoms with E-state index in [1.165, 1.54) is 4.68 Å². The summed E-state index contributed by atoms with van der Waals surface area (Å²) < 4.78 is 7.50. The largest absolute Gasteiger partial charge is 0.497 e. The van der Waals surface area contributed by atoms with Gasteiger partial charge >= 0.3 is 0 Å². The standard InChI is InChI=1S/C19H14N4O3/c1-26-12-8-6-11(7-9-12)16-15(10-20)17(21)23-19(25)14-5-3-2-4-13(14)18(24)22(16)23/h2-9,16H,21H2,1H3. The van der Waals surface area contributed by atoms with Crippen LogP contribution in [0.1, 0.15) is 11.6 Å². The molecule has 0 amide bonds. The topological polar surface area (TPSA) is 103 Å². The molecule has 4 rings (SSSR count). The highest BCUT2D eigenvalue weighted by Gasteiger charge is 2.34. The number of methoxy groups -OCH3 is 1. The Morgan fingerprint density at radius 2 is 1.65 bits per heavy atom. The average molecular weight is 346 g/mol. The fourth-order valence-corrected chi connectivity index (χ4v) is 3.33. The van der Waals surface area contributed by atoms with Crippen LogP contribution in [0, 0.1) is 11.3 Å². The molecular formula is C19H14N4O3. The van der Waals surface area contributed by atoms with Crippen LogP contribution in [-0.2, 0) is 0 Å². The SMILES string of the molecule is COc1ccc(C2C(C#N)=C(N)n3c(=O)c4ccccc4c(=O)n32)cc1. The fourth-order valence-electron chi connectivity index (χ4n) is 3.33. The van der Waals surface area contributed by atoms with Gasteiger partial charge in [-0.25, -0.2) is 4.68 Å². The van der Waals surface area contributed by atoms with E-state index in [1.54, 1.807) is 55.6 Å². The molecule has 0 spiro atoms. The summed E-state index contributed by atoms with van der Waals surface area (Å²) in [6.07, 6.45) is 0. The summed E-state index contributed by atoms with van der Waals surface area (Å²) in [5.74, 6) is 0.617. The van der Waals surface area contributed by atoms with Gasteiger partial charge in [0.05, 0.1) is 17.9 Å². The second-order valence-electron chi connectivity index (χ2n) is 5.90. The van der Waals surface area contributed by atoms with Gasteiger partial charge in [0.1, 0.15) is 29.3 Å². The number of rotatable bonds is 2. The van der Waals surface area contributed by atoms with Crippen LogP contribution in [0.2, 0.25) is 0 Å². The van der Waals surface area contributed by atoms with E-state index < -0.39 is 11.6 Å². The van der Waals surface area contributed by atoms with E-state index in [0.717, 1.165) is 4.68 Å². The molecule has 0 bridgehead atoms. The minimum Gasteiger partial charge on any atom is -0.497 e. The molecule has 2 N–H and O–H groups in total. The molecule has 7 heteroatoms. The Hall–Kier alpha value is -3.79. The monoisotopic (exact) mass is 346 g/mol. The van der Waals surface area contributed by atoms with E-state index >= 15 is 0 Å². The van der Waals surface area contributed by atoms with Crippen molar-refractivity contribution in [1.82, 2.24) is 9.36 Å². The minimum atomic E-state index is -0.768. The molecule has 0 saturated carbocycles. The van der Waals surface area contributed by atoms with Crippen molar-refractivity contribution in [1.29, 1.82) is 5.26 Å². The number of allylic oxidation sites excluding steroid dienone is 1. The van der Waals surface area contributed by atoms with Crippen molar-refractivity contribution in [2.75, 3.05) is 7.11 Å². The lowest BCUT2D eigenvalue weighted by atomic mass is 10.0. The van der Waals surface area contributed by atoms with Crippen molar-refractivity contribution >= 4 is 16.6 Å². The van der Waals surface area contributed by atoms with Crippen LogP contribution in [0.3, 0.4) is 0 Å². The Balaban J connectivity index is 2.09. The number of hydrogen-bond donors (Lipinski definition) is 1. The maximum Gasteiger partial charge on any atom is 0.279 e. The molecule has 1 atom stereocenters. The van der Waals surface area contributed by atoms with Crippen molar-refractivity contribution in [3.8, 4) is 11.8 Å². The first-order valence-electron chi connectivity index (χ1n) is 7.89. The highest BCUT2D eigenvalue weighted by atomic mass is 16.5. The third-order valence-corrected chi connectivity index (χ3v) is 4.58. The van der Waals surface area contributed by atoms with Crippen LogP contribution in [0.15, 0.2) is 63.7 Å². The van der Waals surface area contributed by atoms with Gasteiger partial charge in [-0.3, -0.25) is 9.59 Å². The Morgan fingerprint density at radius 1 is 1.04 bits per heavy atom. The number of nitrogens with zero attached hydrogens (tertiary/aromatic N) is 3. The molecule has 3 aromatic rings. The molecule has 0 aliphatic carbocycles. The van der Waals surface area contributed by atoms with E-state index in [-0.39, 0.29) is 22.3 Å². The number of nitriles is 1. The van der Waals surface area contributed by atoms with E-state index in [9.17, 15) is 14.9 Å². The molecular weight excluding hydrogens is 332 g/mol. The first-order valence-corrected chi connectivity index (χ1v) is 7.89. The minimum absolute atomic E-state index is 0.0267. The molecule has 0 saturated heterocycles. The van der Waals surface area contributed by atoms with Gasteiger partial charge < -0.3 is 10.5 Å². The van der Waals surface area contributed by atoms with Crippen molar-refractivity contribution in [3.05, 3.63) is 80.4 Å². The van der Waals surface area contributed by atoms with Gasteiger partial charge in [0.15, 0.2) is 0 Å². The molecule has 128 valence electrons. The molecule has 0 radical (unpaired) electrons. The maximum atomic E-state index is 13.1. The summed E-state index contributed by atoms with van der Waals surface area (Å²) >= 11 is 0. The van der Waals surface area contributed by atoms with Crippen molar-refractivity contribution in [2.45, 2.75) is 6.04 Å². The van der Waals surface area contributed by atoms with Gasteiger partial charge in [0.25, 0.3) is 11.1 Å². The maximum absolute atomic E-state index is 13.1. The summed E-state index contributed by atoms with van der Waals surface area (Å²) in [4.78, 5) is 26.0. The summed E-state index contributed by atoms with van der Waals surface area (Å²) in [6, 6.07) is 14.8. The second-order valence-corrected chi connectivity index (χ2v) is 5.90. The number of nitrogens with two attached hydrogens (primary N) is 1. The van der Waals surface area contributed by atoms with Gasteiger partial charge in [0.2, 0.25) is 0 Å². The highest BCUT2D eigenvalue weighted by molar-refractivity contribution is 5.81. The van der Waals surface area contributed by atoms with Gasteiger partial charge in [-0.15, -0.1) is 0 Å². The normalized spacial score (nSPS) is 15.8. The molecule has 1 unspecified atom stereocenters. The van der Waals surface area contributed by atoms with E-state index in [2.05, 4.69) is 6.07 Å². The Labute approximate surface area is 147 Å². The predicted molar refractivity (Wildman–Crippen MR) is 96.6 cm³/mol. The van der Waals surface area contributed by atoms with Crippen molar-refractivity contribution in [2.24, 2.45) is 5.73 Å². The zero-order chi connectivity index (χ0) is 18.4. The summed E-state index contributed by atoms with van der Waals surface area (Å²) in [7, 11) is 1.55. The number of hydrogen-bond acceptors (Lipinski definition) is 5. The average Bonchev–Trinajstić information content (AvgIpc) is 2.99. The van der Waals surface area contributed by atoms with Crippen LogP contribution in [0.5, 0.6) is 5.75 Å². The van der Waals surface area contributed by atoms with E-state index in [4.69, 9.17) is 10.5 Å². The summed E-state index contributed by atoms with van der Waals surface area (Å²) in [5, 5.41) is 10.2. The molecule has 2 aromatic carbocycles. The summed E-state index contributed by atoms with van der Waals surface area (Å²) in [6.45, 7) is 0. The number of benzene rings is 2. The molecule has 1 aromatic heterocycles. The molecule has 1 aliphatic rings. The van der Waals surface area contributed by atoms with Crippen LogP contribution >= 0.6 is 0 Å². The molecule has 2 heterocycles. The molecule has 7 nitrogen and oxygen atoms in total. The number of fused-ring (bicyclic) bond motifs is 2. The summed E-state index contributed by atoms with van der Waals surface area (Å²) in [5.41, 5.74) is 6.09. The number of aromatic nitrogens is 2. The lowest BCUT2D eigenvalue weighted by Crippen LogP contribution is -2.38. The van der Waals surface area contributed by atoms with Gasteiger partial charge in [-0.05, 0) is 29.8 Å². The zero-order valence-electron chi connectivity index (χ0n) is 13.8. The zero-order valence-corrected chi connectivity index (χ0v) is 13.8. The Kier molecular flexibility index (Phi) is 3.41. The second kappa shape index (κ2) is 5.63. The lowest BCUT2D eigenvalue weighted by molar-refractivity contribution is 0.414. The third-order valence-electron chi connectivity index (χ3n) is 4.58. The van der Waals surface area contributed by atoms with E-state index in [0.29, 0.717) is 16.7 Å². The third kappa shape index (κ3) is 1.99. The van der Waals surface area contributed by atoms with Gasteiger partial charge in [-0.1, -0.05) is 24.3 Å². The smallest absolute Gasteiger partial charge is 0.279 e. The van der Waals surface area contributed by atoms with Crippen molar-refractivity contribution < 1.29 is 4.74 Å². The first kappa shape index (κ1) is 15.7. The first-order chi connectivity index (χ1) is 12.6. The highest BCUT2D eigenvalue weighted by Crippen LogP contribution is 2.33. The fraction of sp³-hybridized carbons (Fsp3) is 0.105. The predicted octanol–water partition coefficient (Wildman–Crippen LogP) is 1.43. The Morgan fingerprint density at radius 3 is 2.23 bits per heavy atom. The molecule has 0 fully saturated rings. The lowest BCUT2D eigenvalue weighted by Gasteiger charge is -2.17.